The molecule has 2 nitrogen and oxygen atoms in total. The summed E-state index contributed by atoms with van der Waals surface area (Å²) in [5, 5.41) is 0. The van der Waals surface area contributed by atoms with Gasteiger partial charge >= 0.3 is 0 Å². The average molecular weight is 192 g/mol. The second-order valence-corrected chi connectivity index (χ2v) is 3.31. The molecule has 0 aliphatic carbocycles. The topological polar surface area (TPSA) is 26.3 Å². The molecule has 0 atom stereocenters. The maximum absolute atomic E-state index is 10.7. The zero-order valence-electron chi connectivity index (χ0n) is 8.75. The molecule has 14 heavy (non-hydrogen) atoms. The van der Waals surface area contributed by atoms with Gasteiger partial charge in [0.1, 0.15) is 5.75 Å². The third kappa shape index (κ3) is 2.59. The highest BCUT2D eigenvalue weighted by Crippen LogP contribution is 2.21. The number of ether oxygens (including phenoxy) is 1. The minimum atomic E-state index is 0.640. The van der Waals surface area contributed by atoms with Crippen LogP contribution in [0, 0.1) is 6.92 Å². The Balaban J connectivity index is 2.77. The van der Waals surface area contributed by atoms with E-state index in [1.54, 1.807) is 6.07 Å². The highest BCUT2D eigenvalue weighted by atomic mass is 16.5. The van der Waals surface area contributed by atoms with E-state index in [-0.39, 0.29) is 0 Å². The summed E-state index contributed by atoms with van der Waals surface area (Å²) in [6, 6.07) is 5.60. The van der Waals surface area contributed by atoms with E-state index >= 15 is 0 Å². The first-order valence-electron chi connectivity index (χ1n) is 4.97. The van der Waals surface area contributed by atoms with Crippen LogP contribution in [0.4, 0.5) is 0 Å². The van der Waals surface area contributed by atoms with Crippen LogP contribution in [0.2, 0.25) is 0 Å². The first kappa shape index (κ1) is 10.8. The summed E-state index contributed by atoms with van der Waals surface area (Å²) in [5.74, 6) is 0.732. The van der Waals surface area contributed by atoms with Gasteiger partial charge in [0.15, 0.2) is 6.29 Å². The second-order valence-electron chi connectivity index (χ2n) is 3.31. The van der Waals surface area contributed by atoms with Crippen molar-refractivity contribution in [3.8, 4) is 5.75 Å². The molecule has 0 spiro atoms. The van der Waals surface area contributed by atoms with Crippen LogP contribution in [0.25, 0.3) is 0 Å². The van der Waals surface area contributed by atoms with Crippen molar-refractivity contribution in [2.24, 2.45) is 0 Å². The molecule has 0 bridgehead atoms. The van der Waals surface area contributed by atoms with Gasteiger partial charge in [-0.15, -0.1) is 0 Å². The summed E-state index contributed by atoms with van der Waals surface area (Å²) in [6.07, 6.45) is 2.96. The third-order valence-electron chi connectivity index (χ3n) is 2.11. The van der Waals surface area contributed by atoms with Gasteiger partial charge in [0, 0.05) is 0 Å². The Bertz CT molecular complexity index is 305. The van der Waals surface area contributed by atoms with Gasteiger partial charge in [-0.1, -0.05) is 25.5 Å². The third-order valence-corrected chi connectivity index (χ3v) is 2.11. The molecule has 0 radical (unpaired) electrons. The summed E-state index contributed by atoms with van der Waals surface area (Å²) in [7, 11) is 0. The van der Waals surface area contributed by atoms with Gasteiger partial charge in [0.2, 0.25) is 0 Å². The minimum Gasteiger partial charge on any atom is -0.493 e. The molecule has 0 amide bonds. The van der Waals surface area contributed by atoms with Crippen LogP contribution < -0.4 is 4.74 Å². The fourth-order valence-electron chi connectivity index (χ4n) is 1.28. The van der Waals surface area contributed by atoms with Crippen molar-refractivity contribution >= 4 is 6.29 Å². The van der Waals surface area contributed by atoms with Gasteiger partial charge in [0.05, 0.1) is 12.2 Å². The molecule has 0 heterocycles. The summed E-state index contributed by atoms with van der Waals surface area (Å²) < 4.78 is 5.57. The molecule has 2 heteroatoms. The predicted molar refractivity (Wildman–Crippen MR) is 57.0 cm³/mol. The lowest BCUT2D eigenvalue weighted by Gasteiger charge is -2.10. The SMILES string of the molecule is CCCCOc1c(C)cccc1C=O. The van der Waals surface area contributed by atoms with Crippen LogP contribution in [-0.2, 0) is 0 Å². The molecular formula is C12H16O2. The van der Waals surface area contributed by atoms with Crippen LogP contribution in [-0.4, -0.2) is 12.9 Å². The van der Waals surface area contributed by atoms with Crippen molar-refractivity contribution in [3.05, 3.63) is 29.3 Å². The van der Waals surface area contributed by atoms with Gasteiger partial charge in [-0.2, -0.15) is 0 Å². The molecule has 0 aliphatic rings. The van der Waals surface area contributed by atoms with Gasteiger partial charge in [0.25, 0.3) is 0 Å². The molecule has 0 saturated heterocycles. The minimum absolute atomic E-state index is 0.640. The Morgan fingerprint density at radius 2 is 2.21 bits per heavy atom. The van der Waals surface area contributed by atoms with Crippen molar-refractivity contribution in [1.29, 1.82) is 0 Å². The van der Waals surface area contributed by atoms with Crippen LogP contribution in [0.15, 0.2) is 18.2 Å². The number of aryl methyl sites for hydroxylation is 1. The maximum atomic E-state index is 10.7. The van der Waals surface area contributed by atoms with E-state index in [9.17, 15) is 4.79 Å². The lowest BCUT2D eigenvalue weighted by atomic mass is 10.1. The van der Waals surface area contributed by atoms with Gasteiger partial charge in [-0.25, -0.2) is 0 Å². The fourth-order valence-corrected chi connectivity index (χ4v) is 1.28. The number of hydrogen-bond acceptors (Lipinski definition) is 2. The maximum Gasteiger partial charge on any atom is 0.153 e. The Kier molecular flexibility index (Phi) is 4.17. The predicted octanol–water partition coefficient (Wildman–Crippen LogP) is 2.99. The summed E-state index contributed by atoms with van der Waals surface area (Å²) in [4.78, 5) is 10.7. The van der Waals surface area contributed by atoms with Crippen LogP contribution in [0.1, 0.15) is 35.7 Å². The number of aldehydes is 1. The molecule has 1 aromatic carbocycles. The molecule has 0 aromatic heterocycles. The highest BCUT2D eigenvalue weighted by molar-refractivity contribution is 5.80. The van der Waals surface area contributed by atoms with Crippen LogP contribution in [0.5, 0.6) is 5.75 Å². The largest absolute Gasteiger partial charge is 0.493 e. The highest BCUT2D eigenvalue weighted by Gasteiger charge is 2.04. The van der Waals surface area contributed by atoms with Crippen LogP contribution in [0.3, 0.4) is 0 Å². The number of carbonyl (C=O) groups excluding carboxylic acids is 1. The van der Waals surface area contributed by atoms with Gasteiger partial charge < -0.3 is 4.74 Å². The van der Waals surface area contributed by atoms with Crippen molar-refractivity contribution in [1.82, 2.24) is 0 Å². The first-order valence-corrected chi connectivity index (χ1v) is 4.97. The molecule has 76 valence electrons. The molecule has 0 unspecified atom stereocenters. The van der Waals surface area contributed by atoms with E-state index in [1.165, 1.54) is 0 Å². The lowest BCUT2D eigenvalue weighted by molar-refractivity contribution is 0.111. The van der Waals surface area contributed by atoms with E-state index in [2.05, 4.69) is 6.92 Å². The Hall–Kier alpha value is -1.31. The fraction of sp³-hybridized carbons (Fsp3) is 0.417. The quantitative estimate of drug-likeness (QED) is 0.529. The summed E-state index contributed by atoms with van der Waals surface area (Å²) in [5.41, 5.74) is 1.66. The second kappa shape index (κ2) is 5.43. The smallest absolute Gasteiger partial charge is 0.153 e. The molecule has 1 aromatic rings. The number of benzene rings is 1. The molecule has 0 aliphatic heterocycles. The van der Waals surface area contributed by atoms with Crippen molar-refractivity contribution in [2.75, 3.05) is 6.61 Å². The number of rotatable bonds is 5. The Morgan fingerprint density at radius 3 is 2.86 bits per heavy atom. The van der Waals surface area contributed by atoms with E-state index in [0.717, 1.165) is 30.4 Å². The molecular weight excluding hydrogens is 176 g/mol. The monoisotopic (exact) mass is 192 g/mol. The van der Waals surface area contributed by atoms with Crippen molar-refractivity contribution < 1.29 is 9.53 Å². The van der Waals surface area contributed by atoms with Gasteiger partial charge in [-0.3, -0.25) is 4.79 Å². The molecule has 1 rings (SSSR count). The zero-order chi connectivity index (χ0) is 10.4. The van der Waals surface area contributed by atoms with Gasteiger partial charge in [-0.05, 0) is 25.0 Å². The number of unbranched alkanes of at least 4 members (excludes halogenated alkanes) is 1. The average Bonchev–Trinajstić information content (AvgIpc) is 2.20. The normalized spacial score (nSPS) is 9.86. The van der Waals surface area contributed by atoms with E-state index < -0.39 is 0 Å². The van der Waals surface area contributed by atoms with E-state index in [1.807, 2.05) is 19.1 Å². The van der Waals surface area contributed by atoms with Crippen molar-refractivity contribution in [3.63, 3.8) is 0 Å². The zero-order valence-corrected chi connectivity index (χ0v) is 8.75. The van der Waals surface area contributed by atoms with Crippen LogP contribution >= 0.6 is 0 Å². The lowest BCUT2D eigenvalue weighted by Crippen LogP contribution is -2.01. The van der Waals surface area contributed by atoms with E-state index in [4.69, 9.17) is 4.74 Å². The van der Waals surface area contributed by atoms with Crippen molar-refractivity contribution in [2.45, 2.75) is 26.7 Å². The number of para-hydroxylation sites is 1. The van der Waals surface area contributed by atoms with E-state index in [0.29, 0.717) is 12.2 Å². The summed E-state index contributed by atoms with van der Waals surface area (Å²) >= 11 is 0. The molecule has 0 fully saturated rings. The number of carbonyl (C=O) groups is 1. The summed E-state index contributed by atoms with van der Waals surface area (Å²) in [6.45, 7) is 4.75. The first-order chi connectivity index (χ1) is 6.79. The number of hydrogen-bond donors (Lipinski definition) is 0. The molecule has 0 saturated carbocycles. The molecule has 0 N–H and O–H groups in total. The Labute approximate surface area is 84.9 Å². The Morgan fingerprint density at radius 1 is 1.43 bits per heavy atom. The standard InChI is InChI=1S/C12H16O2/c1-3-4-8-14-12-10(2)6-5-7-11(12)9-13/h5-7,9H,3-4,8H2,1-2H3.